The summed E-state index contributed by atoms with van der Waals surface area (Å²) in [6.45, 7) is 1.58. The molecule has 0 fully saturated rings. The highest BCUT2D eigenvalue weighted by molar-refractivity contribution is 5.64. The maximum atomic E-state index is 10.7. The van der Waals surface area contributed by atoms with Crippen LogP contribution in [0.4, 0.5) is 4.79 Å². The number of carboxylic acid groups (broad SMARTS) is 1. The van der Waals surface area contributed by atoms with Crippen molar-refractivity contribution in [3.8, 4) is 34.6 Å². The molecule has 10 heteroatoms. The first-order valence-corrected chi connectivity index (χ1v) is 10.3. The number of hydrogen-bond donors (Lipinski definition) is 3. The van der Waals surface area contributed by atoms with Crippen LogP contribution in [0, 0.1) is 18.3 Å². The highest BCUT2D eigenvalue weighted by Crippen LogP contribution is 2.30. The summed E-state index contributed by atoms with van der Waals surface area (Å²) in [5.74, 6) is 1.13. The second-order valence-electron chi connectivity index (χ2n) is 7.32. The van der Waals surface area contributed by atoms with Gasteiger partial charge in [0.15, 0.2) is 5.75 Å². The van der Waals surface area contributed by atoms with Gasteiger partial charge in [-0.25, -0.2) is 14.5 Å². The summed E-state index contributed by atoms with van der Waals surface area (Å²) in [5.41, 5.74) is 2.89. The first-order chi connectivity index (χ1) is 16.4. The van der Waals surface area contributed by atoms with Crippen molar-refractivity contribution in [2.45, 2.75) is 13.0 Å². The number of ether oxygens (including phenoxy) is 1. The number of aryl methyl sites for hydroxylation is 1. The highest BCUT2D eigenvalue weighted by atomic mass is 16.5. The smallest absolute Gasteiger partial charge is 0.404 e. The van der Waals surface area contributed by atoms with Gasteiger partial charge in [-0.1, -0.05) is 30.3 Å². The van der Waals surface area contributed by atoms with Crippen LogP contribution in [-0.2, 0) is 0 Å². The van der Waals surface area contributed by atoms with Crippen LogP contribution < -0.4 is 10.1 Å². The van der Waals surface area contributed by atoms with E-state index in [9.17, 15) is 15.2 Å². The third-order valence-corrected chi connectivity index (χ3v) is 4.87. The summed E-state index contributed by atoms with van der Waals surface area (Å²) >= 11 is 0. The van der Waals surface area contributed by atoms with Crippen LogP contribution in [0.3, 0.4) is 0 Å². The van der Waals surface area contributed by atoms with Crippen LogP contribution in [0.1, 0.15) is 23.1 Å². The maximum absolute atomic E-state index is 10.7. The van der Waals surface area contributed by atoms with Gasteiger partial charge in [0, 0.05) is 29.5 Å². The minimum atomic E-state index is -1.23. The van der Waals surface area contributed by atoms with Crippen LogP contribution in [0.5, 0.6) is 11.6 Å². The molecule has 0 aliphatic heterocycles. The van der Waals surface area contributed by atoms with Crippen molar-refractivity contribution in [1.82, 2.24) is 25.1 Å². The minimum absolute atomic E-state index is 0.180. The van der Waals surface area contributed by atoms with E-state index in [1.165, 1.54) is 10.9 Å². The van der Waals surface area contributed by atoms with Crippen LogP contribution >= 0.6 is 0 Å². The average molecular weight is 456 g/mol. The highest BCUT2D eigenvalue weighted by Gasteiger charge is 2.16. The number of nitriles is 1. The molecule has 0 saturated heterocycles. The number of aliphatic hydroxyl groups is 1. The van der Waals surface area contributed by atoms with E-state index in [0.717, 1.165) is 5.56 Å². The van der Waals surface area contributed by atoms with Crippen molar-refractivity contribution >= 4 is 6.09 Å². The van der Waals surface area contributed by atoms with Crippen molar-refractivity contribution in [3.63, 3.8) is 0 Å². The molecule has 2 aromatic heterocycles. The van der Waals surface area contributed by atoms with Crippen LogP contribution in [-0.4, -0.2) is 42.6 Å². The summed E-state index contributed by atoms with van der Waals surface area (Å²) in [7, 11) is 0. The molecule has 1 amide bonds. The molecule has 2 heterocycles. The number of amides is 1. The fourth-order valence-corrected chi connectivity index (χ4v) is 3.26. The Hall–Kier alpha value is -4.75. The molecule has 0 aliphatic carbocycles. The lowest BCUT2D eigenvalue weighted by Crippen LogP contribution is -2.26. The molecule has 0 bridgehead atoms. The van der Waals surface area contributed by atoms with E-state index in [1.54, 1.807) is 37.4 Å². The van der Waals surface area contributed by atoms with Gasteiger partial charge in [0.25, 0.3) is 0 Å². The Labute approximate surface area is 194 Å². The van der Waals surface area contributed by atoms with E-state index in [1.807, 2.05) is 30.3 Å². The fraction of sp³-hybridized carbons (Fsp3) is 0.125. The summed E-state index contributed by atoms with van der Waals surface area (Å²) < 4.78 is 7.56. The first kappa shape index (κ1) is 22.4. The average Bonchev–Trinajstić information content (AvgIpc) is 3.33. The second kappa shape index (κ2) is 9.81. The predicted octanol–water partition coefficient (Wildman–Crippen LogP) is 3.60. The topological polar surface area (TPSA) is 146 Å². The zero-order valence-corrected chi connectivity index (χ0v) is 18.1. The number of benzene rings is 2. The number of rotatable bonds is 7. The van der Waals surface area contributed by atoms with Gasteiger partial charge in [0.1, 0.15) is 11.5 Å². The van der Waals surface area contributed by atoms with Gasteiger partial charge in [-0.3, -0.25) is 0 Å². The monoisotopic (exact) mass is 456 g/mol. The molecule has 4 rings (SSSR count). The van der Waals surface area contributed by atoms with E-state index in [-0.39, 0.29) is 6.54 Å². The van der Waals surface area contributed by atoms with E-state index in [0.29, 0.717) is 40.0 Å². The van der Waals surface area contributed by atoms with E-state index in [4.69, 9.17) is 9.84 Å². The number of hydrogen-bond acceptors (Lipinski definition) is 7. The number of nitrogens with zero attached hydrogens (tertiary/aromatic N) is 5. The second-order valence-corrected chi connectivity index (χ2v) is 7.32. The maximum Gasteiger partial charge on any atom is 0.404 e. The predicted molar refractivity (Wildman–Crippen MR) is 122 cm³/mol. The molecular weight excluding hydrogens is 436 g/mol. The van der Waals surface area contributed by atoms with E-state index in [2.05, 4.69) is 26.5 Å². The summed E-state index contributed by atoms with van der Waals surface area (Å²) in [4.78, 5) is 19.5. The van der Waals surface area contributed by atoms with Crippen molar-refractivity contribution in [2.75, 3.05) is 6.54 Å². The van der Waals surface area contributed by atoms with Gasteiger partial charge in [0.2, 0.25) is 5.88 Å². The quantitative estimate of drug-likeness (QED) is 0.382. The fourth-order valence-electron chi connectivity index (χ4n) is 3.26. The molecule has 34 heavy (non-hydrogen) atoms. The molecule has 2 aromatic carbocycles. The number of aliphatic hydroxyl groups excluding tert-OH is 1. The van der Waals surface area contributed by atoms with Gasteiger partial charge >= 0.3 is 6.09 Å². The van der Waals surface area contributed by atoms with Crippen molar-refractivity contribution in [3.05, 3.63) is 83.9 Å². The SMILES string of the molecule is Cc1nc(Oc2cc(C#N)ccc2-n2cc(C(O)CNC(=O)O)cn2)cc(-c2ccccc2)n1. The van der Waals surface area contributed by atoms with E-state index < -0.39 is 12.2 Å². The summed E-state index contributed by atoms with van der Waals surface area (Å²) in [6.07, 6.45) is 0.677. The molecule has 10 nitrogen and oxygen atoms in total. The molecular formula is C24H20N6O4. The van der Waals surface area contributed by atoms with Crippen molar-refractivity contribution in [2.24, 2.45) is 0 Å². The van der Waals surface area contributed by atoms with Gasteiger partial charge in [-0.15, -0.1) is 0 Å². The number of carbonyl (C=O) groups is 1. The van der Waals surface area contributed by atoms with E-state index >= 15 is 0 Å². The zero-order chi connectivity index (χ0) is 24.1. The minimum Gasteiger partial charge on any atom is -0.465 e. The molecule has 4 aromatic rings. The number of nitrogens with one attached hydrogen (secondary N) is 1. The molecule has 0 radical (unpaired) electrons. The molecule has 0 aliphatic rings. The zero-order valence-electron chi connectivity index (χ0n) is 18.1. The third-order valence-electron chi connectivity index (χ3n) is 4.87. The molecule has 0 spiro atoms. The summed E-state index contributed by atoms with van der Waals surface area (Å²) in [5, 5.41) is 34.7. The lowest BCUT2D eigenvalue weighted by molar-refractivity contribution is 0.159. The van der Waals surface area contributed by atoms with Crippen LogP contribution in [0.25, 0.3) is 16.9 Å². The molecule has 3 N–H and O–H groups in total. The Balaban J connectivity index is 1.67. The third kappa shape index (κ3) is 5.17. The first-order valence-electron chi connectivity index (χ1n) is 10.3. The molecule has 170 valence electrons. The Morgan fingerprint density at radius 2 is 2.00 bits per heavy atom. The van der Waals surface area contributed by atoms with Gasteiger partial charge in [-0.05, 0) is 19.1 Å². The molecule has 1 unspecified atom stereocenters. The molecule has 0 saturated carbocycles. The standard InChI is InChI=1S/C24H20N6O4/c1-15-28-19(17-5-3-2-4-6-17)10-23(29-15)34-22-9-16(11-25)7-8-20(22)30-14-18(12-27-30)21(31)13-26-24(32)33/h2-10,12,14,21,26,31H,13H2,1H3,(H,32,33). The lowest BCUT2D eigenvalue weighted by Gasteiger charge is -2.12. The Kier molecular flexibility index (Phi) is 6.47. The Bertz CT molecular complexity index is 1360. The summed E-state index contributed by atoms with van der Waals surface area (Å²) in [6, 6.07) is 18.3. The normalized spacial score (nSPS) is 11.4. The Morgan fingerprint density at radius 3 is 2.74 bits per heavy atom. The van der Waals surface area contributed by atoms with Crippen LogP contribution in [0.15, 0.2) is 67.0 Å². The van der Waals surface area contributed by atoms with Crippen molar-refractivity contribution < 1.29 is 19.7 Å². The largest absolute Gasteiger partial charge is 0.465 e. The van der Waals surface area contributed by atoms with Gasteiger partial charge < -0.3 is 20.3 Å². The number of aromatic nitrogens is 4. The van der Waals surface area contributed by atoms with Gasteiger partial charge in [0.05, 0.1) is 36.2 Å². The van der Waals surface area contributed by atoms with Crippen LogP contribution in [0.2, 0.25) is 0 Å². The lowest BCUT2D eigenvalue weighted by atomic mass is 10.1. The van der Waals surface area contributed by atoms with Crippen molar-refractivity contribution in [1.29, 1.82) is 5.26 Å². The van der Waals surface area contributed by atoms with Gasteiger partial charge in [-0.2, -0.15) is 15.3 Å². The molecule has 1 atom stereocenters. The Morgan fingerprint density at radius 1 is 1.21 bits per heavy atom.